The van der Waals surface area contributed by atoms with Gasteiger partial charge in [0.25, 0.3) is 11.8 Å². The van der Waals surface area contributed by atoms with E-state index in [2.05, 4.69) is 37.5 Å². The molecule has 2 saturated heterocycles. The summed E-state index contributed by atoms with van der Waals surface area (Å²) in [6.07, 6.45) is 1.12. The number of nitrogens with one attached hydrogen (secondary N) is 1. The Balaban J connectivity index is 1.35. The van der Waals surface area contributed by atoms with Crippen LogP contribution in [0.1, 0.15) is 42.1 Å². The number of para-hydroxylation sites is 1. The van der Waals surface area contributed by atoms with E-state index < -0.39 is 19.8 Å². The maximum absolute atomic E-state index is 15.2. The first-order valence-electron chi connectivity index (χ1n) is 17.7. The molecule has 1 spiro atoms. The van der Waals surface area contributed by atoms with Crippen LogP contribution >= 0.6 is 0 Å². The van der Waals surface area contributed by atoms with E-state index in [0.29, 0.717) is 34.7 Å². The molecule has 4 aromatic rings. The van der Waals surface area contributed by atoms with Gasteiger partial charge in [0.05, 0.1) is 46.0 Å². The van der Waals surface area contributed by atoms with Crippen molar-refractivity contribution < 1.29 is 29.0 Å². The van der Waals surface area contributed by atoms with Gasteiger partial charge in [0, 0.05) is 35.0 Å². The summed E-state index contributed by atoms with van der Waals surface area (Å²) in [6, 6.07) is 32.0. The van der Waals surface area contributed by atoms with Gasteiger partial charge in [0.1, 0.15) is 5.75 Å². The Morgan fingerprint density at radius 3 is 2.33 bits per heavy atom. The summed E-state index contributed by atoms with van der Waals surface area (Å²) in [7, 11) is -0.866. The summed E-state index contributed by atoms with van der Waals surface area (Å²) in [4.78, 5) is 46.1. The molecule has 0 aliphatic carbocycles. The Hall–Kier alpha value is -4.77. The molecule has 0 radical (unpaired) electrons. The van der Waals surface area contributed by atoms with Crippen molar-refractivity contribution in [2.24, 2.45) is 5.92 Å². The fourth-order valence-corrected chi connectivity index (χ4v) is 12.8. The van der Waals surface area contributed by atoms with Crippen LogP contribution in [0.3, 0.4) is 0 Å². The zero-order chi connectivity index (χ0) is 35.9. The molecule has 7 rings (SSSR count). The van der Waals surface area contributed by atoms with Gasteiger partial charge < -0.3 is 24.8 Å². The number of anilines is 3. The van der Waals surface area contributed by atoms with Crippen LogP contribution in [0.15, 0.2) is 103 Å². The molecule has 0 bridgehead atoms. The lowest BCUT2D eigenvalue weighted by molar-refractivity contribution is -0.149. The van der Waals surface area contributed by atoms with E-state index in [1.165, 1.54) is 5.19 Å². The highest BCUT2D eigenvalue weighted by molar-refractivity contribution is 6.91. The van der Waals surface area contributed by atoms with Crippen molar-refractivity contribution in [3.8, 4) is 5.75 Å². The monoisotopic (exact) mass is 703 g/mol. The van der Waals surface area contributed by atoms with Crippen molar-refractivity contribution >= 4 is 48.0 Å². The molecule has 2 N–H and O–H groups in total. The summed E-state index contributed by atoms with van der Waals surface area (Å²) in [5, 5.41) is 14.3. The summed E-state index contributed by atoms with van der Waals surface area (Å²) in [5.74, 6) is -0.120. The van der Waals surface area contributed by atoms with Crippen LogP contribution < -0.4 is 20.1 Å². The minimum Gasteiger partial charge on any atom is -0.497 e. The first-order valence-corrected chi connectivity index (χ1v) is 20.8. The molecule has 0 aromatic heterocycles. The Bertz CT molecular complexity index is 1920. The second-order valence-electron chi connectivity index (χ2n) is 14.5. The maximum atomic E-state index is 15.2. The topological polar surface area (TPSA) is 108 Å². The molecule has 9 nitrogen and oxygen atoms in total. The minimum atomic E-state index is -2.51. The van der Waals surface area contributed by atoms with Crippen LogP contribution in [0.4, 0.5) is 17.1 Å². The van der Waals surface area contributed by atoms with E-state index in [4.69, 9.17) is 9.47 Å². The van der Waals surface area contributed by atoms with Crippen LogP contribution in [0.25, 0.3) is 0 Å². The smallest absolute Gasteiger partial charge is 0.268 e. The van der Waals surface area contributed by atoms with E-state index in [9.17, 15) is 14.7 Å². The molecule has 3 aliphatic rings. The molecular weight excluding hydrogens is 659 g/mol. The van der Waals surface area contributed by atoms with Crippen LogP contribution in [0, 0.1) is 5.92 Å². The average molecular weight is 704 g/mol. The lowest BCUT2D eigenvalue weighted by atomic mass is 9.82. The number of nitrogens with zero attached hydrogens (tertiary/aromatic N) is 2. The molecule has 51 heavy (non-hydrogen) atoms. The number of rotatable bonds is 9. The lowest BCUT2D eigenvalue weighted by Gasteiger charge is -2.37. The molecule has 3 aliphatic heterocycles. The minimum absolute atomic E-state index is 0.0696. The summed E-state index contributed by atoms with van der Waals surface area (Å²) < 4.78 is 12.7. The number of benzene rings is 4. The molecule has 0 unspecified atom stereocenters. The normalized spacial score (nSPS) is 24.2. The summed E-state index contributed by atoms with van der Waals surface area (Å²) in [6.45, 7) is 7.17. The number of likely N-dealkylation sites (tertiary alicyclic amines) is 1. The number of hydrogen-bond acceptors (Lipinski definition) is 6. The molecule has 5 atom stereocenters. The number of carbonyl (C=O) groups excluding carboxylic acids is 3. The Kier molecular flexibility index (Phi) is 9.34. The van der Waals surface area contributed by atoms with E-state index >= 15 is 4.79 Å². The lowest BCUT2D eigenvalue weighted by Crippen LogP contribution is -2.52. The molecule has 2 fully saturated rings. The first kappa shape index (κ1) is 34.7. The SMILES string of the molecule is COc1ccc([Si](C)(C)[C@@H]2[C@@H](CC(=O)N3CCC[C@H]3CO)O[C@]3(C(=O)N(c4ccccc4)c4ccc(NC(=O)c5ccccc5)cc43)[C@H]2C)cc1. The number of hydrogen-bond donors (Lipinski definition) is 2. The predicted molar refractivity (Wildman–Crippen MR) is 200 cm³/mol. The van der Waals surface area contributed by atoms with E-state index in [-0.39, 0.29) is 48.3 Å². The van der Waals surface area contributed by atoms with Gasteiger partial charge in [-0.25, -0.2) is 0 Å². The summed E-state index contributed by atoms with van der Waals surface area (Å²) in [5.41, 5.74) is 1.56. The molecule has 3 heterocycles. The van der Waals surface area contributed by atoms with E-state index in [1.54, 1.807) is 29.0 Å². The Morgan fingerprint density at radius 1 is 0.980 bits per heavy atom. The van der Waals surface area contributed by atoms with Crippen LogP contribution in [0.5, 0.6) is 5.75 Å². The van der Waals surface area contributed by atoms with Crippen molar-refractivity contribution in [2.75, 3.05) is 30.5 Å². The zero-order valence-electron chi connectivity index (χ0n) is 29.5. The van der Waals surface area contributed by atoms with Crippen LogP contribution in [-0.4, -0.2) is 68.2 Å². The van der Waals surface area contributed by atoms with E-state index in [1.807, 2.05) is 78.9 Å². The summed E-state index contributed by atoms with van der Waals surface area (Å²) >= 11 is 0. The van der Waals surface area contributed by atoms with Crippen LogP contribution in [0.2, 0.25) is 18.6 Å². The molecular formula is C41H45N3O6Si. The van der Waals surface area contributed by atoms with Crippen LogP contribution in [-0.2, 0) is 19.9 Å². The highest BCUT2D eigenvalue weighted by Gasteiger charge is 2.67. The van der Waals surface area contributed by atoms with E-state index in [0.717, 1.165) is 18.6 Å². The molecule has 4 aromatic carbocycles. The van der Waals surface area contributed by atoms with Gasteiger partial charge in [-0.3, -0.25) is 19.3 Å². The number of carbonyl (C=O) groups is 3. The predicted octanol–water partition coefficient (Wildman–Crippen LogP) is 6.22. The quantitative estimate of drug-likeness (QED) is 0.201. The zero-order valence-corrected chi connectivity index (χ0v) is 30.5. The van der Waals surface area contributed by atoms with Gasteiger partial charge >= 0.3 is 0 Å². The number of amides is 3. The van der Waals surface area contributed by atoms with Crippen molar-refractivity contribution in [3.63, 3.8) is 0 Å². The number of ether oxygens (including phenoxy) is 2. The maximum Gasteiger partial charge on any atom is 0.268 e. The fraction of sp³-hybridized carbons (Fsp3) is 0.341. The number of aliphatic hydroxyl groups excluding tert-OH is 1. The van der Waals surface area contributed by atoms with Crippen molar-refractivity contribution in [2.45, 2.75) is 62.6 Å². The number of aliphatic hydroxyl groups is 1. The van der Waals surface area contributed by atoms with Crippen molar-refractivity contribution in [1.82, 2.24) is 4.90 Å². The van der Waals surface area contributed by atoms with Gasteiger partial charge in [-0.05, 0) is 73.0 Å². The molecule has 0 saturated carbocycles. The van der Waals surface area contributed by atoms with Crippen molar-refractivity contribution in [1.29, 1.82) is 0 Å². The largest absolute Gasteiger partial charge is 0.497 e. The van der Waals surface area contributed by atoms with Crippen molar-refractivity contribution in [3.05, 3.63) is 114 Å². The van der Waals surface area contributed by atoms with Gasteiger partial charge in [-0.15, -0.1) is 0 Å². The Labute approximate surface area is 300 Å². The number of fused-ring (bicyclic) bond motifs is 2. The van der Waals surface area contributed by atoms with Gasteiger partial charge in [-0.2, -0.15) is 0 Å². The van der Waals surface area contributed by atoms with Gasteiger partial charge in [0.15, 0.2) is 5.60 Å². The third kappa shape index (κ3) is 5.95. The molecule has 3 amide bonds. The standard InChI is InChI=1S/C41H45N3O6Si/c1-27-38(51(3,4)33-20-18-32(49-2)19-21-33)36(25-37(46)43-23-11-16-31(43)26-45)50-41(27)34-24-29(42-39(47)28-12-7-5-8-13-28)17-22-35(34)44(40(41)48)30-14-9-6-10-15-30/h5-10,12-15,17-22,24,27,31,36,38,45H,11,16,23,25-26H2,1-4H3,(H,42,47)/t27-,31-,36+,38-,41+/m0/s1. The van der Waals surface area contributed by atoms with Gasteiger partial charge in [0.2, 0.25) is 5.91 Å². The molecule has 264 valence electrons. The fourth-order valence-electron chi connectivity index (χ4n) is 8.79. The highest BCUT2D eigenvalue weighted by atomic mass is 28.3. The Morgan fingerprint density at radius 2 is 1.67 bits per heavy atom. The number of methoxy groups -OCH3 is 1. The second kappa shape index (κ2) is 13.7. The third-order valence-electron chi connectivity index (χ3n) is 11.3. The highest BCUT2D eigenvalue weighted by Crippen LogP contribution is 2.61. The second-order valence-corrected chi connectivity index (χ2v) is 19.1. The third-order valence-corrected chi connectivity index (χ3v) is 15.7. The molecule has 10 heteroatoms. The average Bonchev–Trinajstić information content (AvgIpc) is 3.82. The van der Waals surface area contributed by atoms with Gasteiger partial charge in [-0.1, -0.05) is 73.7 Å². The first-order chi connectivity index (χ1) is 24.6.